The van der Waals surface area contributed by atoms with Crippen molar-refractivity contribution in [2.24, 2.45) is 0 Å². The zero-order valence-electron chi connectivity index (χ0n) is 15.2. The number of rotatable bonds is 4. The largest absolute Gasteiger partial charge is 0.310 e. The first-order chi connectivity index (χ1) is 13.5. The van der Waals surface area contributed by atoms with Gasteiger partial charge in [0.1, 0.15) is 5.82 Å². The van der Waals surface area contributed by atoms with E-state index < -0.39 is 0 Å². The number of aromatic amines is 1. The minimum atomic E-state index is -0.298. The summed E-state index contributed by atoms with van der Waals surface area (Å²) in [5.74, 6) is 0.525. The molecule has 28 heavy (non-hydrogen) atoms. The first-order valence-corrected chi connectivity index (χ1v) is 10.2. The van der Waals surface area contributed by atoms with E-state index in [1.807, 2.05) is 55.5 Å². The molecule has 0 radical (unpaired) electrons. The number of hydrogen-bond donors (Lipinski definition) is 2. The lowest BCUT2D eigenvalue weighted by molar-refractivity contribution is -0.116. The maximum Gasteiger partial charge on any atom is 0.257 e. The SMILES string of the molecule is Cc1ccccc1C1CC(=O)Nc2nc(SCc3cccc(Cl)c3)[nH]c(=O)c21. The van der Waals surface area contributed by atoms with Crippen molar-refractivity contribution in [3.63, 3.8) is 0 Å². The summed E-state index contributed by atoms with van der Waals surface area (Å²) in [7, 11) is 0. The Morgan fingerprint density at radius 3 is 2.79 bits per heavy atom. The number of hydrogen-bond acceptors (Lipinski definition) is 4. The molecule has 2 heterocycles. The topological polar surface area (TPSA) is 74.8 Å². The normalized spacial score (nSPS) is 15.8. The number of H-pyrrole nitrogens is 1. The lowest BCUT2D eigenvalue weighted by atomic mass is 9.84. The molecule has 1 aliphatic heterocycles. The maximum absolute atomic E-state index is 12.9. The van der Waals surface area contributed by atoms with E-state index >= 15 is 0 Å². The van der Waals surface area contributed by atoms with Crippen molar-refractivity contribution in [3.8, 4) is 0 Å². The van der Waals surface area contributed by atoms with E-state index in [4.69, 9.17) is 11.6 Å². The van der Waals surface area contributed by atoms with Crippen LogP contribution in [0.25, 0.3) is 0 Å². The van der Waals surface area contributed by atoms with E-state index in [0.29, 0.717) is 27.3 Å². The van der Waals surface area contributed by atoms with Crippen molar-refractivity contribution in [3.05, 3.63) is 86.2 Å². The Balaban J connectivity index is 1.67. The van der Waals surface area contributed by atoms with Crippen LogP contribution in [-0.4, -0.2) is 15.9 Å². The summed E-state index contributed by atoms with van der Waals surface area (Å²) in [5, 5.41) is 3.90. The van der Waals surface area contributed by atoms with E-state index in [2.05, 4.69) is 15.3 Å². The van der Waals surface area contributed by atoms with E-state index in [-0.39, 0.29) is 23.8 Å². The van der Waals surface area contributed by atoms with Gasteiger partial charge in [0.15, 0.2) is 5.16 Å². The molecule has 2 N–H and O–H groups in total. The number of amides is 1. The van der Waals surface area contributed by atoms with E-state index in [0.717, 1.165) is 16.7 Å². The Kier molecular flexibility index (Phi) is 5.24. The van der Waals surface area contributed by atoms with Gasteiger partial charge in [-0.25, -0.2) is 4.98 Å². The van der Waals surface area contributed by atoms with E-state index in [9.17, 15) is 9.59 Å². The van der Waals surface area contributed by atoms with Crippen LogP contribution in [0.5, 0.6) is 0 Å². The third-order valence-corrected chi connectivity index (χ3v) is 5.94. The Morgan fingerprint density at radius 2 is 2.00 bits per heavy atom. The van der Waals surface area contributed by atoms with Crippen LogP contribution >= 0.6 is 23.4 Å². The van der Waals surface area contributed by atoms with Crippen molar-refractivity contribution in [2.45, 2.75) is 30.2 Å². The predicted molar refractivity (Wildman–Crippen MR) is 112 cm³/mol. The number of aryl methyl sites for hydroxylation is 1. The van der Waals surface area contributed by atoms with Crippen LogP contribution in [0.1, 0.15) is 34.6 Å². The third kappa shape index (κ3) is 3.84. The summed E-state index contributed by atoms with van der Waals surface area (Å²) in [6.45, 7) is 1.98. The predicted octanol–water partition coefficient (Wildman–Crippen LogP) is 4.50. The summed E-state index contributed by atoms with van der Waals surface area (Å²) >= 11 is 7.41. The molecular weight excluding hydrogens is 394 g/mol. The first kappa shape index (κ1) is 18.8. The monoisotopic (exact) mass is 411 g/mol. The fraction of sp³-hybridized carbons (Fsp3) is 0.190. The number of aromatic nitrogens is 2. The number of nitrogens with zero attached hydrogens (tertiary/aromatic N) is 1. The third-order valence-electron chi connectivity index (χ3n) is 4.76. The van der Waals surface area contributed by atoms with Crippen LogP contribution in [0.3, 0.4) is 0 Å². The number of carbonyl (C=O) groups is 1. The number of nitrogens with one attached hydrogen (secondary N) is 2. The molecule has 1 atom stereocenters. The van der Waals surface area contributed by atoms with Crippen molar-refractivity contribution >= 4 is 35.1 Å². The zero-order valence-corrected chi connectivity index (χ0v) is 16.7. The van der Waals surface area contributed by atoms with Gasteiger partial charge in [-0.1, -0.05) is 59.8 Å². The molecule has 0 spiro atoms. The van der Waals surface area contributed by atoms with Gasteiger partial charge < -0.3 is 10.3 Å². The molecule has 0 saturated carbocycles. The smallest absolute Gasteiger partial charge is 0.257 e. The number of benzene rings is 2. The molecule has 0 bridgehead atoms. The summed E-state index contributed by atoms with van der Waals surface area (Å²) in [6, 6.07) is 15.4. The lowest BCUT2D eigenvalue weighted by Gasteiger charge is -2.25. The minimum absolute atomic E-state index is 0.135. The molecule has 1 aromatic heterocycles. The van der Waals surface area contributed by atoms with Crippen LogP contribution < -0.4 is 10.9 Å². The summed E-state index contributed by atoms with van der Waals surface area (Å²) in [4.78, 5) is 32.5. The highest BCUT2D eigenvalue weighted by molar-refractivity contribution is 7.98. The van der Waals surface area contributed by atoms with Crippen molar-refractivity contribution in [2.75, 3.05) is 5.32 Å². The molecule has 0 fully saturated rings. The summed E-state index contributed by atoms with van der Waals surface area (Å²) < 4.78 is 0. The molecule has 1 unspecified atom stereocenters. The number of fused-ring (bicyclic) bond motifs is 1. The number of thioether (sulfide) groups is 1. The standard InChI is InChI=1S/C21H18ClN3O2S/c1-12-5-2-3-8-15(12)16-10-17(26)23-19-18(16)20(27)25-21(24-19)28-11-13-6-4-7-14(22)9-13/h2-9,16H,10-11H2,1H3,(H2,23,24,25,26,27). The van der Waals surface area contributed by atoms with Crippen LogP contribution in [0.15, 0.2) is 58.5 Å². The fourth-order valence-electron chi connectivity index (χ4n) is 3.44. The van der Waals surface area contributed by atoms with Gasteiger partial charge in [-0.05, 0) is 35.7 Å². The van der Waals surface area contributed by atoms with Gasteiger partial charge >= 0.3 is 0 Å². The molecule has 0 saturated heterocycles. The fourth-order valence-corrected chi connectivity index (χ4v) is 4.46. The molecule has 0 aliphatic carbocycles. The summed E-state index contributed by atoms with van der Waals surface area (Å²) in [6.07, 6.45) is 0.234. The van der Waals surface area contributed by atoms with E-state index in [1.165, 1.54) is 11.8 Å². The molecule has 5 nitrogen and oxygen atoms in total. The number of anilines is 1. The highest BCUT2D eigenvalue weighted by Crippen LogP contribution is 2.36. The van der Waals surface area contributed by atoms with Crippen LogP contribution in [-0.2, 0) is 10.5 Å². The Labute approximate surface area is 171 Å². The molecule has 4 rings (SSSR count). The quantitative estimate of drug-likeness (QED) is 0.489. The summed E-state index contributed by atoms with van der Waals surface area (Å²) in [5.41, 5.74) is 3.35. The Bertz CT molecular complexity index is 1110. The Morgan fingerprint density at radius 1 is 1.18 bits per heavy atom. The van der Waals surface area contributed by atoms with Gasteiger partial charge in [-0.2, -0.15) is 0 Å². The zero-order chi connectivity index (χ0) is 19.7. The molecule has 2 aromatic carbocycles. The molecule has 142 valence electrons. The maximum atomic E-state index is 12.9. The highest BCUT2D eigenvalue weighted by atomic mass is 35.5. The number of halogens is 1. The Hall–Kier alpha value is -2.57. The second kappa shape index (κ2) is 7.81. The minimum Gasteiger partial charge on any atom is -0.310 e. The van der Waals surface area contributed by atoms with Gasteiger partial charge in [0.25, 0.3) is 5.56 Å². The van der Waals surface area contributed by atoms with Gasteiger partial charge in [-0.15, -0.1) is 0 Å². The van der Waals surface area contributed by atoms with Gasteiger partial charge in [-0.3, -0.25) is 9.59 Å². The molecule has 7 heteroatoms. The second-order valence-electron chi connectivity index (χ2n) is 6.71. The number of carbonyl (C=O) groups excluding carboxylic acids is 1. The second-order valence-corrected chi connectivity index (χ2v) is 8.11. The van der Waals surface area contributed by atoms with Gasteiger partial charge in [0.2, 0.25) is 5.91 Å². The van der Waals surface area contributed by atoms with Crippen molar-refractivity contribution in [1.29, 1.82) is 0 Å². The molecule has 1 amide bonds. The van der Waals surface area contributed by atoms with Crippen molar-refractivity contribution in [1.82, 2.24) is 9.97 Å². The van der Waals surface area contributed by atoms with Gasteiger partial charge in [0, 0.05) is 23.1 Å². The van der Waals surface area contributed by atoms with Gasteiger partial charge in [0.05, 0.1) is 5.56 Å². The molecular formula is C21H18ClN3O2S. The van der Waals surface area contributed by atoms with Crippen LogP contribution in [0, 0.1) is 6.92 Å². The first-order valence-electron chi connectivity index (χ1n) is 8.88. The average molecular weight is 412 g/mol. The molecule has 1 aliphatic rings. The van der Waals surface area contributed by atoms with E-state index in [1.54, 1.807) is 0 Å². The lowest BCUT2D eigenvalue weighted by Crippen LogP contribution is -2.31. The van der Waals surface area contributed by atoms with Crippen LogP contribution in [0.2, 0.25) is 5.02 Å². The highest BCUT2D eigenvalue weighted by Gasteiger charge is 2.31. The van der Waals surface area contributed by atoms with Crippen LogP contribution in [0.4, 0.5) is 5.82 Å². The average Bonchev–Trinajstić information content (AvgIpc) is 2.66. The van der Waals surface area contributed by atoms with Crippen molar-refractivity contribution < 1.29 is 4.79 Å². The molecule has 3 aromatic rings.